The average Bonchev–Trinajstić information content (AvgIpc) is 2.57. The Morgan fingerprint density at radius 2 is 2.00 bits per heavy atom. The molecule has 0 saturated carbocycles. The van der Waals surface area contributed by atoms with Crippen LogP contribution in [0.15, 0.2) is 30.9 Å². The molecule has 0 aliphatic carbocycles. The summed E-state index contributed by atoms with van der Waals surface area (Å²) in [5, 5.41) is 10.4. The van der Waals surface area contributed by atoms with E-state index in [4.69, 9.17) is 9.47 Å². The summed E-state index contributed by atoms with van der Waals surface area (Å²) in [7, 11) is 1.64. The number of allylic oxidation sites excluding steroid dienone is 1. The number of rotatable bonds is 8. The largest absolute Gasteiger partial charge is 0.493 e. The van der Waals surface area contributed by atoms with Crippen molar-refractivity contribution in [1.82, 2.24) is 0 Å². The predicted molar refractivity (Wildman–Crippen MR) is 97.0 cm³/mol. The minimum absolute atomic E-state index is 0.292. The van der Waals surface area contributed by atoms with Gasteiger partial charge in [0.2, 0.25) is 0 Å². The molecular formula is C20H32NO3+. The summed E-state index contributed by atoms with van der Waals surface area (Å²) in [5.74, 6) is 1.38. The van der Waals surface area contributed by atoms with Crippen LogP contribution in [0.4, 0.5) is 0 Å². The summed E-state index contributed by atoms with van der Waals surface area (Å²) in [5.41, 5.74) is 1.13. The summed E-state index contributed by atoms with van der Waals surface area (Å²) < 4.78 is 11.2. The van der Waals surface area contributed by atoms with Gasteiger partial charge in [0.25, 0.3) is 0 Å². The Kier molecular flexibility index (Phi) is 7.13. The maximum Gasteiger partial charge on any atom is 0.161 e. The fourth-order valence-corrected chi connectivity index (χ4v) is 3.63. The predicted octanol–water partition coefficient (Wildman–Crippen LogP) is 2.01. The Bertz CT molecular complexity index is 522. The van der Waals surface area contributed by atoms with Crippen molar-refractivity contribution in [3.05, 3.63) is 36.4 Å². The van der Waals surface area contributed by atoms with Crippen LogP contribution in [0.5, 0.6) is 11.5 Å². The van der Waals surface area contributed by atoms with Crippen LogP contribution in [-0.2, 0) is 6.42 Å². The van der Waals surface area contributed by atoms with Crippen LogP contribution in [0, 0.1) is 0 Å². The van der Waals surface area contributed by atoms with Crippen molar-refractivity contribution in [3.8, 4) is 11.5 Å². The monoisotopic (exact) mass is 334 g/mol. The SMILES string of the molecule is C=CCc1ccc(OC[C@@H](O)C[NH+]2[C@@H](C)CCC[C@@H]2C)c(OC)c1. The van der Waals surface area contributed by atoms with E-state index in [1.807, 2.05) is 24.3 Å². The molecule has 4 nitrogen and oxygen atoms in total. The van der Waals surface area contributed by atoms with Gasteiger partial charge in [0.1, 0.15) is 19.3 Å². The topological polar surface area (TPSA) is 43.1 Å². The lowest BCUT2D eigenvalue weighted by Gasteiger charge is -2.36. The number of quaternary nitrogens is 1. The molecule has 0 radical (unpaired) electrons. The molecule has 24 heavy (non-hydrogen) atoms. The third kappa shape index (κ3) is 4.99. The van der Waals surface area contributed by atoms with Gasteiger partial charge in [-0.15, -0.1) is 6.58 Å². The van der Waals surface area contributed by atoms with E-state index in [0.29, 0.717) is 30.2 Å². The molecule has 1 aromatic rings. The molecule has 4 heteroatoms. The Labute approximate surface area is 146 Å². The number of methoxy groups -OCH3 is 1. The first kappa shape index (κ1) is 18.8. The van der Waals surface area contributed by atoms with Crippen LogP contribution in [0.3, 0.4) is 0 Å². The van der Waals surface area contributed by atoms with Gasteiger partial charge in [-0.25, -0.2) is 0 Å². The molecule has 1 saturated heterocycles. The fraction of sp³-hybridized carbons (Fsp3) is 0.600. The molecule has 0 bridgehead atoms. The summed E-state index contributed by atoms with van der Waals surface area (Å²) in [6.45, 7) is 9.34. The zero-order valence-corrected chi connectivity index (χ0v) is 15.3. The molecule has 0 amide bonds. The second-order valence-corrected chi connectivity index (χ2v) is 6.95. The van der Waals surface area contributed by atoms with E-state index in [1.165, 1.54) is 24.2 Å². The molecule has 2 N–H and O–H groups in total. The number of aliphatic hydroxyl groups is 1. The van der Waals surface area contributed by atoms with Crippen LogP contribution < -0.4 is 14.4 Å². The maximum atomic E-state index is 10.4. The lowest BCUT2D eigenvalue weighted by molar-refractivity contribution is -0.954. The van der Waals surface area contributed by atoms with E-state index < -0.39 is 6.10 Å². The molecule has 1 fully saturated rings. The van der Waals surface area contributed by atoms with Crippen molar-refractivity contribution < 1.29 is 19.5 Å². The van der Waals surface area contributed by atoms with Crippen LogP contribution >= 0.6 is 0 Å². The second-order valence-electron chi connectivity index (χ2n) is 6.95. The molecule has 1 aliphatic heterocycles. The quantitative estimate of drug-likeness (QED) is 0.715. The minimum Gasteiger partial charge on any atom is -0.493 e. The first-order chi connectivity index (χ1) is 11.5. The normalized spacial score (nSPS) is 22.8. The highest BCUT2D eigenvalue weighted by Gasteiger charge is 2.30. The molecule has 2 rings (SSSR count). The Morgan fingerprint density at radius 1 is 1.29 bits per heavy atom. The van der Waals surface area contributed by atoms with Crippen molar-refractivity contribution in [3.63, 3.8) is 0 Å². The van der Waals surface area contributed by atoms with E-state index in [2.05, 4.69) is 20.4 Å². The molecular weight excluding hydrogens is 302 g/mol. The smallest absolute Gasteiger partial charge is 0.161 e. The van der Waals surface area contributed by atoms with Gasteiger partial charge in [-0.1, -0.05) is 12.1 Å². The number of ether oxygens (including phenoxy) is 2. The van der Waals surface area contributed by atoms with Gasteiger partial charge in [0, 0.05) is 0 Å². The molecule has 3 atom stereocenters. The zero-order chi connectivity index (χ0) is 17.5. The van der Waals surface area contributed by atoms with Crippen LogP contribution in [-0.4, -0.2) is 43.6 Å². The van der Waals surface area contributed by atoms with Crippen molar-refractivity contribution in [1.29, 1.82) is 0 Å². The minimum atomic E-state index is -0.472. The molecule has 134 valence electrons. The molecule has 1 heterocycles. The van der Waals surface area contributed by atoms with Gasteiger partial charge in [0.15, 0.2) is 11.5 Å². The number of aliphatic hydroxyl groups excluding tert-OH is 1. The van der Waals surface area contributed by atoms with Gasteiger partial charge < -0.3 is 19.5 Å². The van der Waals surface area contributed by atoms with Gasteiger partial charge in [-0.3, -0.25) is 0 Å². The van der Waals surface area contributed by atoms with Crippen molar-refractivity contribution >= 4 is 0 Å². The first-order valence-electron chi connectivity index (χ1n) is 8.99. The lowest BCUT2D eigenvalue weighted by Crippen LogP contribution is -3.20. The maximum absolute atomic E-state index is 10.4. The van der Waals surface area contributed by atoms with Gasteiger partial charge in [-0.05, 0) is 57.2 Å². The van der Waals surface area contributed by atoms with E-state index in [-0.39, 0.29) is 0 Å². The Balaban J connectivity index is 1.91. The molecule has 1 aliphatic rings. The van der Waals surface area contributed by atoms with Gasteiger partial charge >= 0.3 is 0 Å². The highest BCUT2D eigenvalue weighted by molar-refractivity contribution is 5.43. The summed E-state index contributed by atoms with van der Waals surface area (Å²) in [6, 6.07) is 7.09. The molecule has 0 unspecified atom stereocenters. The molecule has 0 aromatic heterocycles. The highest BCUT2D eigenvalue weighted by Crippen LogP contribution is 2.28. The van der Waals surface area contributed by atoms with E-state index in [9.17, 15) is 5.11 Å². The van der Waals surface area contributed by atoms with Gasteiger partial charge in [0.05, 0.1) is 19.2 Å². The summed E-state index contributed by atoms with van der Waals surface area (Å²) >= 11 is 0. The van der Waals surface area contributed by atoms with Crippen LogP contribution in [0.1, 0.15) is 38.7 Å². The third-order valence-electron chi connectivity index (χ3n) is 5.05. The zero-order valence-electron chi connectivity index (χ0n) is 15.3. The Morgan fingerprint density at radius 3 is 2.62 bits per heavy atom. The van der Waals surface area contributed by atoms with Gasteiger partial charge in [-0.2, -0.15) is 0 Å². The summed E-state index contributed by atoms with van der Waals surface area (Å²) in [6.07, 6.45) is 5.97. The van der Waals surface area contributed by atoms with Crippen molar-refractivity contribution in [2.24, 2.45) is 0 Å². The first-order valence-corrected chi connectivity index (χ1v) is 8.99. The van der Waals surface area contributed by atoms with Crippen molar-refractivity contribution in [2.75, 3.05) is 20.3 Å². The lowest BCUT2D eigenvalue weighted by atomic mass is 9.97. The van der Waals surface area contributed by atoms with E-state index in [0.717, 1.165) is 18.5 Å². The van der Waals surface area contributed by atoms with Crippen molar-refractivity contribution in [2.45, 2.75) is 57.7 Å². The molecule has 1 aromatic carbocycles. The average molecular weight is 334 g/mol. The van der Waals surface area contributed by atoms with Crippen LogP contribution in [0.25, 0.3) is 0 Å². The summed E-state index contributed by atoms with van der Waals surface area (Å²) in [4.78, 5) is 1.49. The number of hydrogen-bond donors (Lipinski definition) is 2. The number of hydrogen-bond acceptors (Lipinski definition) is 3. The fourth-order valence-electron chi connectivity index (χ4n) is 3.63. The number of likely N-dealkylation sites (tertiary alicyclic amines) is 1. The molecule has 0 spiro atoms. The van der Waals surface area contributed by atoms with E-state index in [1.54, 1.807) is 7.11 Å². The highest BCUT2D eigenvalue weighted by atomic mass is 16.5. The second kappa shape index (κ2) is 9.09. The standard InChI is InChI=1S/C20H31NO3/c1-5-7-17-10-11-19(20(12-17)23-4)24-14-18(22)13-21-15(2)8-6-9-16(21)3/h5,10-12,15-16,18,22H,1,6-9,13-14H2,2-4H3/p+1/t15-,16-,18-/m0/s1. The van der Waals surface area contributed by atoms with E-state index >= 15 is 0 Å². The third-order valence-corrected chi connectivity index (χ3v) is 5.05. The number of nitrogens with one attached hydrogen (secondary N) is 1. The number of benzene rings is 1. The number of piperidine rings is 1. The Hall–Kier alpha value is -1.52. The van der Waals surface area contributed by atoms with Crippen LogP contribution in [0.2, 0.25) is 0 Å².